The van der Waals surface area contributed by atoms with Gasteiger partial charge in [0.05, 0.1) is 5.56 Å². The van der Waals surface area contributed by atoms with Crippen molar-refractivity contribution in [3.63, 3.8) is 0 Å². The Balaban J connectivity index is 1.81. The average molecular weight is 276 g/mol. The van der Waals surface area contributed by atoms with Crippen molar-refractivity contribution in [3.05, 3.63) is 23.9 Å². The van der Waals surface area contributed by atoms with Crippen LogP contribution >= 0.6 is 0 Å². The molecule has 2 rings (SSSR count). The summed E-state index contributed by atoms with van der Waals surface area (Å²) in [5.41, 5.74) is 0.605. The first kappa shape index (κ1) is 14.8. The first-order valence-corrected chi connectivity index (χ1v) is 7.32. The summed E-state index contributed by atoms with van der Waals surface area (Å²) in [5.74, 6) is 0.738. The molecule has 1 aromatic rings. The van der Waals surface area contributed by atoms with Crippen molar-refractivity contribution < 1.29 is 4.79 Å². The summed E-state index contributed by atoms with van der Waals surface area (Å²) in [6, 6.07) is 4.71. The van der Waals surface area contributed by atoms with Gasteiger partial charge in [-0.3, -0.25) is 9.69 Å². The van der Waals surface area contributed by atoms with Crippen molar-refractivity contribution >= 4 is 11.7 Å². The smallest absolute Gasteiger partial charge is 0.252 e. The number of carbonyl (C=O) groups excluding carboxylic acids is 1. The zero-order valence-corrected chi connectivity index (χ0v) is 12.5. The Morgan fingerprint density at radius 2 is 2.25 bits per heavy atom. The Bertz CT molecular complexity index is 442. The molecule has 0 spiro atoms. The molecule has 1 aromatic heterocycles. The Labute approximate surface area is 120 Å². The van der Waals surface area contributed by atoms with Gasteiger partial charge in [-0.1, -0.05) is 0 Å². The van der Waals surface area contributed by atoms with Crippen molar-refractivity contribution in [2.75, 3.05) is 25.5 Å². The van der Waals surface area contributed by atoms with E-state index in [1.165, 1.54) is 12.8 Å². The summed E-state index contributed by atoms with van der Waals surface area (Å²) in [6.07, 6.45) is 4.18. The zero-order chi connectivity index (χ0) is 14.5. The molecule has 1 aliphatic rings. The molecular formula is C15H24N4O. The SMILES string of the molecule is CCNc1ccc(C(=O)NCC(C)N(C)C2CC2)cn1. The molecular weight excluding hydrogens is 252 g/mol. The fraction of sp³-hybridized carbons (Fsp3) is 0.600. The number of pyridine rings is 1. The summed E-state index contributed by atoms with van der Waals surface area (Å²) in [7, 11) is 2.13. The van der Waals surface area contributed by atoms with Gasteiger partial charge >= 0.3 is 0 Å². The number of carbonyl (C=O) groups is 1. The zero-order valence-electron chi connectivity index (χ0n) is 12.5. The summed E-state index contributed by atoms with van der Waals surface area (Å²) in [6.45, 7) is 5.65. The number of nitrogens with one attached hydrogen (secondary N) is 2. The lowest BCUT2D eigenvalue weighted by Gasteiger charge is -2.24. The van der Waals surface area contributed by atoms with Crippen molar-refractivity contribution in [1.82, 2.24) is 15.2 Å². The van der Waals surface area contributed by atoms with Crippen LogP contribution in [0.15, 0.2) is 18.3 Å². The first-order valence-electron chi connectivity index (χ1n) is 7.32. The molecule has 1 atom stereocenters. The van der Waals surface area contributed by atoms with Crippen LogP contribution in [0.25, 0.3) is 0 Å². The maximum absolute atomic E-state index is 12.0. The average Bonchev–Trinajstić information content (AvgIpc) is 3.29. The van der Waals surface area contributed by atoms with E-state index in [0.29, 0.717) is 24.2 Å². The molecule has 5 heteroatoms. The Kier molecular flexibility index (Phi) is 4.95. The van der Waals surface area contributed by atoms with Gasteiger partial charge in [-0.15, -0.1) is 0 Å². The lowest BCUT2D eigenvalue weighted by molar-refractivity contribution is 0.0939. The number of anilines is 1. The third-order valence-electron chi connectivity index (χ3n) is 3.76. The van der Waals surface area contributed by atoms with E-state index in [9.17, 15) is 4.79 Å². The van der Waals surface area contributed by atoms with Gasteiger partial charge < -0.3 is 10.6 Å². The quantitative estimate of drug-likeness (QED) is 0.796. The Morgan fingerprint density at radius 3 is 2.80 bits per heavy atom. The molecule has 1 amide bonds. The van der Waals surface area contributed by atoms with Gasteiger partial charge in [0.2, 0.25) is 0 Å². The maximum Gasteiger partial charge on any atom is 0.252 e. The predicted octanol–water partition coefficient (Wildman–Crippen LogP) is 1.73. The van der Waals surface area contributed by atoms with Crippen molar-refractivity contribution in [1.29, 1.82) is 0 Å². The van der Waals surface area contributed by atoms with Crippen LogP contribution in [0.5, 0.6) is 0 Å². The van der Waals surface area contributed by atoms with Crippen LogP contribution in [-0.4, -0.2) is 48.0 Å². The van der Waals surface area contributed by atoms with Crippen molar-refractivity contribution in [3.8, 4) is 0 Å². The van der Waals surface area contributed by atoms with Crippen LogP contribution in [0.2, 0.25) is 0 Å². The molecule has 1 fully saturated rings. The van der Waals surface area contributed by atoms with Crippen LogP contribution < -0.4 is 10.6 Å². The van der Waals surface area contributed by atoms with Crippen LogP contribution in [0, 0.1) is 0 Å². The number of hydrogen-bond donors (Lipinski definition) is 2. The monoisotopic (exact) mass is 276 g/mol. The second kappa shape index (κ2) is 6.70. The van der Waals surface area contributed by atoms with E-state index in [1.807, 2.05) is 13.0 Å². The second-order valence-corrected chi connectivity index (χ2v) is 5.42. The van der Waals surface area contributed by atoms with Gasteiger partial charge in [0.1, 0.15) is 5.82 Å². The highest BCUT2D eigenvalue weighted by atomic mass is 16.1. The number of rotatable bonds is 7. The minimum atomic E-state index is -0.0587. The lowest BCUT2D eigenvalue weighted by Crippen LogP contribution is -2.41. The van der Waals surface area contributed by atoms with Crippen LogP contribution in [0.3, 0.4) is 0 Å². The number of aromatic nitrogens is 1. The van der Waals surface area contributed by atoms with E-state index in [-0.39, 0.29) is 5.91 Å². The highest BCUT2D eigenvalue weighted by Crippen LogP contribution is 2.26. The molecule has 0 aromatic carbocycles. The molecule has 0 bridgehead atoms. The molecule has 0 saturated heterocycles. The van der Waals surface area contributed by atoms with Gasteiger partial charge in [0, 0.05) is 31.4 Å². The number of hydrogen-bond acceptors (Lipinski definition) is 4. The normalized spacial score (nSPS) is 16.0. The predicted molar refractivity (Wildman–Crippen MR) is 81.0 cm³/mol. The minimum absolute atomic E-state index is 0.0587. The van der Waals surface area contributed by atoms with E-state index < -0.39 is 0 Å². The van der Waals surface area contributed by atoms with E-state index in [1.54, 1.807) is 12.3 Å². The van der Waals surface area contributed by atoms with Crippen LogP contribution in [0.4, 0.5) is 5.82 Å². The van der Waals surface area contributed by atoms with Crippen molar-refractivity contribution in [2.24, 2.45) is 0 Å². The van der Waals surface area contributed by atoms with Crippen LogP contribution in [-0.2, 0) is 0 Å². The largest absolute Gasteiger partial charge is 0.370 e. The molecule has 1 saturated carbocycles. The van der Waals surface area contributed by atoms with Crippen molar-refractivity contribution in [2.45, 2.75) is 38.8 Å². The first-order chi connectivity index (χ1) is 9.61. The highest BCUT2D eigenvalue weighted by Gasteiger charge is 2.29. The summed E-state index contributed by atoms with van der Waals surface area (Å²) < 4.78 is 0. The lowest BCUT2D eigenvalue weighted by atomic mass is 10.2. The third kappa shape index (κ3) is 3.93. The van der Waals surface area contributed by atoms with E-state index in [2.05, 4.69) is 34.5 Å². The van der Waals surface area contributed by atoms with E-state index >= 15 is 0 Å². The molecule has 1 heterocycles. The molecule has 1 aliphatic carbocycles. The molecule has 20 heavy (non-hydrogen) atoms. The molecule has 1 unspecified atom stereocenters. The molecule has 0 aliphatic heterocycles. The molecule has 110 valence electrons. The van der Waals surface area contributed by atoms with Gasteiger partial charge in [0.15, 0.2) is 0 Å². The molecule has 2 N–H and O–H groups in total. The van der Waals surface area contributed by atoms with Crippen LogP contribution in [0.1, 0.15) is 37.0 Å². The highest BCUT2D eigenvalue weighted by molar-refractivity contribution is 5.94. The second-order valence-electron chi connectivity index (χ2n) is 5.42. The van der Waals surface area contributed by atoms with Gasteiger partial charge in [0.25, 0.3) is 5.91 Å². The molecule has 5 nitrogen and oxygen atoms in total. The minimum Gasteiger partial charge on any atom is -0.370 e. The fourth-order valence-corrected chi connectivity index (χ4v) is 2.14. The summed E-state index contributed by atoms with van der Waals surface area (Å²) >= 11 is 0. The maximum atomic E-state index is 12.0. The van der Waals surface area contributed by atoms with E-state index in [0.717, 1.165) is 12.4 Å². The number of likely N-dealkylation sites (N-methyl/N-ethyl adjacent to an activating group) is 1. The van der Waals surface area contributed by atoms with E-state index in [4.69, 9.17) is 0 Å². The standard InChI is InChI=1S/C15H24N4O/c1-4-16-14-8-5-12(10-17-14)15(20)18-9-11(2)19(3)13-6-7-13/h5,8,10-11,13H,4,6-7,9H2,1-3H3,(H,16,17)(H,18,20). The fourth-order valence-electron chi connectivity index (χ4n) is 2.14. The van der Waals surface area contributed by atoms with Gasteiger partial charge in [-0.2, -0.15) is 0 Å². The topological polar surface area (TPSA) is 57.3 Å². The summed E-state index contributed by atoms with van der Waals surface area (Å²) in [4.78, 5) is 18.6. The number of amides is 1. The Hall–Kier alpha value is -1.62. The molecule has 0 radical (unpaired) electrons. The number of nitrogens with zero attached hydrogens (tertiary/aromatic N) is 2. The summed E-state index contributed by atoms with van der Waals surface area (Å²) in [5, 5.41) is 6.08. The van der Waals surface area contributed by atoms with Gasteiger partial charge in [-0.05, 0) is 45.9 Å². The van der Waals surface area contributed by atoms with Gasteiger partial charge in [-0.25, -0.2) is 4.98 Å². The Morgan fingerprint density at radius 1 is 1.50 bits per heavy atom. The third-order valence-corrected chi connectivity index (χ3v) is 3.76.